The number of carbonyl (C=O) groups is 2. The summed E-state index contributed by atoms with van der Waals surface area (Å²) in [5.41, 5.74) is -0.784. The minimum atomic E-state index is -2.10. The topological polar surface area (TPSA) is 83.8 Å². The average Bonchev–Trinajstić information content (AvgIpc) is 2.01. The first-order chi connectivity index (χ1) is 6.18. The summed E-state index contributed by atoms with van der Waals surface area (Å²) in [6.07, 6.45) is -2.10. The molecule has 0 aliphatic heterocycles. The van der Waals surface area contributed by atoms with Gasteiger partial charge in [-0.25, -0.2) is 9.59 Å². The molecule has 0 saturated carbocycles. The van der Waals surface area contributed by atoms with Crippen molar-refractivity contribution in [2.75, 3.05) is 0 Å². The van der Waals surface area contributed by atoms with Crippen LogP contribution in [0.15, 0.2) is 0 Å². The number of ether oxygens (including phenoxy) is 1. The third kappa shape index (κ3) is 3.33. The van der Waals surface area contributed by atoms with Crippen LogP contribution in [0.4, 0.5) is 0 Å². The van der Waals surface area contributed by atoms with E-state index in [9.17, 15) is 9.59 Å². The van der Waals surface area contributed by atoms with E-state index in [1.807, 2.05) is 13.8 Å². The van der Waals surface area contributed by atoms with Gasteiger partial charge in [-0.1, -0.05) is 13.8 Å². The number of aliphatic hydroxyl groups is 1. The Labute approximate surface area is 82.7 Å². The van der Waals surface area contributed by atoms with E-state index in [1.54, 1.807) is 13.8 Å². The smallest absolute Gasteiger partial charge is 0.347 e. The van der Waals surface area contributed by atoms with Gasteiger partial charge in [0, 0.05) is 0 Å². The van der Waals surface area contributed by atoms with Gasteiger partial charge in [0.1, 0.15) is 5.60 Å². The van der Waals surface area contributed by atoms with E-state index < -0.39 is 23.6 Å². The molecule has 14 heavy (non-hydrogen) atoms. The summed E-state index contributed by atoms with van der Waals surface area (Å²) in [5, 5.41) is 17.2. The summed E-state index contributed by atoms with van der Waals surface area (Å²) < 4.78 is 4.85. The largest absolute Gasteiger partial charge is 0.479 e. The predicted molar refractivity (Wildman–Crippen MR) is 48.7 cm³/mol. The molecule has 0 heterocycles. The van der Waals surface area contributed by atoms with Crippen molar-refractivity contribution in [3.8, 4) is 0 Å². The van der Waals surface area contributed by atoms with Crippen LogP contribution in [0, 0.1) is 5.92 Å². The van der Waals surface area contributed by atoms with Crippen molar-refractivity contribution < 1.29 is 24.5 Å². The molecule has 5 nitrogen and oxygen atoms in total. The van der Waals surface area contributed by atoms with Gasteiger partial charge < -0.3 is 14.9 Å². The molecular weight excluding hydrogens is 188 g/mol. The highest BCUT2D eigenvalue weighted by Crippen LogP contribution is 2.20. The van der Waals surface area contributed by atoms with E-state index >= 15 is 0 Å². The second kappa shape index (κ2) is 4.41. The van der Waals surface area contributed by atoms with Gasteiger partial charge in [0.2, 0.25) is 6.10 Å². The Morgan fingerprint density at radius 3 is 2.00 bits per heavy atom. The molecule has 0 radical (unpaired) electrons. The molecular formula is C9H16O5. The molecule has 1 unspecified atom stereocenters. The standard InChI is InChI=1S/C9H16O5/c1-5(2)9(3,4)14-8(13)6(10)7(11)12/h5-6,10H,1-4H3,(H,11,12). The van der Waals surface area contributed by atoms with E-state index in [2.05, 4.69) is 0 Å². The fourth-order valence-corrected chi connectivity index (χ4v) is 0.534. The predicted octanol–water partition coefficient (Wildman–Crippen LogP) is 0.410. The number of carboxylic acids is 1. The first kappa shape index (κ1) is 12.9. The minimum Gasteiger partial charge on any atom is -0.479 e. The summed E-state index contributed by atoms with van der Waals surface area (Å²) in [7, 11) is 0. The van der Waals surface area contributed by atoms with Crippen molar-refractivity contribution in [2.24, 2.45) is 5.92 Å². The normalized spacial score (nSPS) is 13.9. The number of carboxylic acid groups (broad SMARTS) is 1. The maximum atomic E-state index is 11.1. The van der Waals surface area contributed by atoms with E-state index in [0.717, 1.165) is 0 Å². The summed E-state index contributed by atoms with van der Waals surface area (Å²) in [6.45, 7) is 6.98. The quantitative estimate of drug-likeness (QED) is 0.512. The van der Waals surface area contributed by atoms with Crippen LogP contribution in [0.25, 0.3) is 0 Å². The van der Waals surface area contributed by atoms with Crippen molar-refractivity contribution in [3.05, 3.63) is 0 Å². The average molecular weight is 204 g/mol. The Hall–Kier alpha value is -1.10. The molecule has 1 atom stereocenters. The van der Waals surface area contributed by atoms with Crippen LogP contribution in [0.3, 0.4) is 0 Å². The van der Waals surface area contributed by atoms with E-state index in [1.165, 1.54) is 0 Å². The van der Waals surface area contributed by atoms with Crippen LogP contribution in [-0.4, -0.2) is 33.9 Å². The Morgan fingerprint density at radius 2 is 1.71 bits per heavy atom. The molecule has 2 N–H and O–H groups in total. The minimum absolute atomic E-state index is 0.0347. The highest BCUT2D eigenvalue weighted by atomic mass is 16.6. The van der Waals surface area contributed by atoms with E-state index in [4.69, 9.17) is 14.9 Å². The van der Waals surface area contributed by atoms with Gasteiger partial charge >= 0.3 is 11.9 Å². The Bertz CT molecular complexity index is 231. The molecule has 0 aliphatic rings. The highest BCUT2D eigenvalue weighted by molar-refractivity contribution is 5.96. The third-order valence-corrected chi connectivity index (χ3v) is 2.21. The van der Waals surface area contributed by atoms with Gasteiger partial charge in [0.25, 0.3) is 0 Å². The van der Waals surface area contributed by atoms with Crippen molar-refractivity contribution >= 4 is 11.9 Å². The molecule has 0 aromatic heterocycles. The monoisotopic (exact) mass is 204 g/mol. The lowest BCUT2D eigenvalue weighted by atomic mass is 9.94. The number of rotatable bonds is 4. The lowest BCUT2D eigenvalue weighted by molar-refractivity contribution is -0.177. The molecule has 0 aromatic carbocycles. The maximum absolute atomic E-state index is 11.1. The van der Waals surface area contributed by atoms with Crippen molar-refractivity contribution in [1.82, 2.24) is 0 Å². The summed E-state index contributed by atoms with van der Waals surface area (Å²) in [6, 6.07) is 0. The summed E-state index contributed by atoms with van der Waals surface area (Å²) in [5.74, 6) is -2.70. The lowest BCUT2D eigenvalue weighted by Gasteiger charge is -2.29. The van der Waals surface area contributed by atoms with Gasteiger partial charge in [-0.2, -0.15) is 0 Å². The molecule has 82 valence electrons. The number of aliphatic hydroxyl groups excluding tert-OH is 1. The number of esters is 1. The maximum Gasteiger partial charge on any atom is 0.347 e. The van der Waals surface area contributed by atoms with Gasteiger partial charge in [0.05, 0.1) is 0 Å². The Morgan fingerprint density at radius 1 is 1.29 bits per heavy atom. The van der Waals surface area contributed by atoms with Crippen molar-refractivity contribution in [3.63, 3.8) is 0 Å². The number of hydrogen-bond donors (Lipinski definition) is 2. The Balaban J connectivity index is 4.40. The second-order valence-electron chi connectivity index (χ2n) is 3.92. The third-order valence-electron chi connectivity index (χ3n) is 2.21. The molecule has 5 heteroatoms. The molecule has 0 saturated heterocycles. The molecule has 0 aliphatic carbocycles. The number of hydrogen-bond acceptors (Lipinski definition) is 4. The molecule has 0 rings (SSSR count). The van der Waals surface area contributed by atoms with Crippen LogP contribution in [-0.2, 0) is 14.3 Å². The Kier molecular flexibility index (Phi) is 4.07. The van der Waals surface area contributed by atoms with Crippen LogP contribution in [0.2, 0.25) is 0 Å². The van der Waals surface area contributed by atoms with Gasteiger partial charge in [-0.15, -0.1) is 0 Å². The highest BCUT2D eigenvalue weighted by Gasteiger charge is 2.32. The first-order valence-corrected chi connectivity index (χ1v) is 4.32. The van der Waals surface area contributed by atoms with Crippen molar-refractivity contribution in [1.29, 1.82) is 0 Å². The van der Waals surface area contributed by atoms with Crippen LogP contribution < -0.4 is 0 Å². The fourth-order valence-electron chi connectivity index (χ4n) is 0.534. The fraction of sp³-hybridized carbons (Fsp3) is 0.778. The van der Waals surface area contributed by atoms with Crippen LogP contribution >= 0.6 is 0 Å². The second-order valence-corrected chi connectivity index (χ2v) is 3.92. The van der Waals surface area contributed by atoms with Crippen LogP contribution in [0.5, 0.6) is 0 Å². The molecule has 0 bridgehead atoms. The zero-order valence-corrected chi connectivity index (χ0v) is 8.77. The molecule has 0 amide bonds. The number of aliphatic carboxylic acids is 1. The zero-order chi connectivity index (χ0) is 11.5. The SMILES string of the molecule is CC(C)C(C)(C)OC(=O)C(O)C(=O)O. The lowest BCUT2D eigenvalue weighted by Crippen LogP contribution is -2.40. The van der Waals surface area contributed by atoms with Crippen LogP contribution in [0.1, 0.15) is 27.7 Å². The van der Waals surface area contributed by atoms with Crippen molar-refractivity contribution in [2.45, 2.75) is 39.4 Å². The summed E-state index contributed by atoms with van der Waals surface area (Å²) >= 11 is 0. The van der Waals surface area contributed by atoms with Gasteiger partial charge in [0.15, 0.2) is 0 Å². The van der Waals surface area contributed by atoms with Gasteiger partial charge in [-0.05, 0) is 19.8 Å². The van der Waals surface area contributed by atoms with Gasteiger partial charge in [-0.3, -0.25) is 0 Å². The number of carbonyl (C=O) groups excluding carboxylic acids is 1. The zero-order valence-electron chi connectivity index (χ0n) is 8.77. The molecule has 0 spiro atoms. The molecule has 0 aromatic rings. The van der Waals surface area contributed by atoms with E-state index in [-0.39, 0.29) is 5.92 Å². The summed E-state index contributed by atoms with van der Waals surface area (Å²) in [4.78, 5) is 21.3. The first-order valence-electron chi connectivity index (χ1n) is 4.32. The molecule has 0 fully saturated rings. The van der Waals surface area contributed by atoms with E-state index in [0.29, 0.717) is 0 Å².